The number of nitrogens with one attached hydrogen (secondary N) is 1. The average Bonchev–Trinajstić information content (AvgIpc) is 2.39. The topological polar surface area (TPSA) is 21.3 Å². The van der Waals surface area contributed by atoms with E-state index in [1.165, 1.54) is 51.5 Å². The summed E-state index contributed by atoms with van der Waals surface area (Å²) in [6.45, 7) is 11.6. The van der Waals surface area contributed by atoms with Crippen molar-refractivity contribution in [2.45, 2.75) is 84.3 Å². The summed E-state index contributed by atoms with van der Waals surface area (Å²) in [5.74, 6) is 2.33. The van der Waals surface area contributed by atoms with E-state index in [2.05, 4.69) is 33.0 Å². The highest BCUT2D eigenvalue weighted by Gasteiger charge is 2.38. The summed E-state index contributed by atoms with van der Waals surface area (Å²) in [6.07, 6.45) is 9.18. The van der Waals surface area contributed by atoms with Crippen molar-refractivity contribution in [3.05, 3.63) is 0 Å². The molecule has 118 valence electrons. The van der Waals surface area contributed by atoms with E-state index in [-0.39, 0.29) is 5.60 Å². The first-order valence-electron chi connectivity index (χ1n) is 8.90. The molecule has 1 aliphatic heterocycles. The summed E-state index contributed by atoms with van der Waals surface area (Å²) < 4.78 is 6.20. The van der Waals surface area contributed by atoms with Gasteiger partial charge in [-0.25, -0.2) is 0 Å². The second kappa shape index (κ2) is 7.26. The fraction of sp³-hybridized carbons (Fsp3) is 1.00. The van der Waals surface area contributed by atoms with Crippen LogP contribution in [-0.4, -0.2) is 24.8 Å². The number of hydrogen-bond donors (Lipinski definition) is 1. The maximum atomic E-state index is 6.20. The van der Waals surface area contributed by atoms with Gasteiger partial charge >= 0.3 is 0 Å². The van der Waals surface area contributed by atoms with Gasteiger partial charge in [0.1, 0.15) is 0 Å². The van der Waals surface area contributed by atoms with Gasteiger partial charge in [0.15, 0.2) is 0 Å². The Morgan fingerprint density at radius 2 is 1.70 bits per heavy atom. The molecule has 2 fully saturated rings. The van der Waals surface area contributed by atoms with Crippen LogP contribution >= 0.6 is 0 Å². The first kappa shape index (κ1) is 16.3. The Hall–Kier alpha value is -0.0800. The smallest absolute Gasteiger partial charge is 0.0697 e. The molecule has 1 N–H and O–H groups in total. The molecule has 2 heteroatoms. The summed E-state index contributed by atoms with van der Waals surface area (Å²) in [5.41, 5.74) is 0.235. The van der Waals surface area contributed by atoms with Gasteiger partial charge in [0.05, 0.1) is 5.60 Å². The van der Waals surface area contributed by atoms with E-state index in [0.717, 1.165) is 24.4 Å². The van der Waals surface area contributed by atoms with E-state index in [4.69, 9.17) is 4.74 Å². The maximum Gasteiger partial charge on any atom is 0.0697 e. The minimum absolute atomic E-state index is 0.235. The lowest BCUT2D eigenvalue weighted by molar-refractivity contribution is -0.109. The third-order valence-electron chi connectivity index (χ3n) is 5.61. The van der Waals surface area contributed by atoms with Gasteiger partial charge in [-0.05, 0) is 50.0 Å². The summed E-state index contributed by atoms with van der Waals surface area (Å²) >= 11 is 0. The highest BCUT2D eigenvalue weighted by Crippen LogP contribution is 2.38. The molecule has 1 saturated carbocycles. The summed E-state index contributed by atoms with van der Waals surface area (Å²) in [5, 5.41) is 3.88. The minimum atomic E-state index is 0.235. The van der Waals surface area contributed by atoms with Crippen LogP contribution in [0.4, 0.5) is 0 Å². The van der Waals surface area contributed by atoms with Crippen molar-refractivity contribution in [1.82, 2.24) is 5.32 Å². The molecule has 0 aromatic rings. The molecule has 0 amide bonds. The molecular formula is C18H35NO. The summed E-state index contributed by atoms with van der Waals surface area (Å²) in [6, 6.07) is 0.682. The fourth-order valence-electron chi connectivity index (χ4n) is 4.29. The van der Waals surface area contributed by atoms with Crippen molar-refractivity contribution in [1.29, 1.82) is 0 Å². The van der Waals surface area contributed by atoms with Crippen molar-refractivity contribution in [2.24, 2.45) is 17.8 Å². The monoisotopic (exact) mass is 281 g/mol. The van der Waals surface area contributed by atoms with Crippen LogP contribution < -0.4 is 5.32 Å². The number of rotatable bonds is 5. The lowest BCUT2D eigenvalue weighted by Gasteiger charge is -2.44. The second-order valence-corrected chi connectivity index (χ2v) is 7.84. The predicted octanol–water partition coefficient (Wildman–Crippen LogP) is 4.39. The van der Waals surface area contributed by atoms with Crippen molar-refractivity contribution < 1.29 is 4.74 Å². The zero-order chi connectivity index (χ0) is 14.6. The van der Waals surface area contributed by atoms with Gasteiger partial charge in [-0.3, -0.25) is 0 Å². The van der Waals surface area contributed by atoms with Gasteiger partial charge in [-0.15, -0.1) is 0 Å². The zero-order valence-electron chi connectivity index (χ0n) is 14.1. The van der Waals surface area contributed by atoms with E-state index in [0.29, 0.717) is 6.04 Å². The Morgan fingerprint density at radius 3 is 2.30 bits per heavy atom. The average molecular weight is 281 g/mol. The maximum absolute atomic E-state index is 6.20. The molecule has 0 aromatic heterocycles. The lowest BCUT2D eigenvalue weighted by atomic mass is 9.78. The molecule has 2 nitrogen and oxygen atoms in total. The Morgan fingerprint density at radius 1 is 1.05 bits per heavy atom. The van der Waals surface area contributed by atoms with Crippen LogP contribution in [0.1, 0.15) is 72.6 Å². The van der Waals surface area contributed by atoms with Gasteiger partial charge in [0.2, 0.25) is 0 Å². The van der Waals surface area contributed by atoms with Gasteiger partial charge in [-0.1, -0.05) is 47.0 Å². The summed E-state index contributed by atoms with van der Waals surface area (Å²) in [4.78, 5) is 0. The second-order valence-electron chi connectivity index (χ2n) is 7.84. The molecule has 1 spiro atoms. The standard InChI is InChI=1S/C18H35NO/c1-14(2)17(15(3)4)13-19-16-8-11-20-18(12-16)9-6-5-7-10-18/h14-17,19H,5-13H2,1-4H3. The molecule has 2 rings (SSSR count). The van der Waals surface area contributed by atoms with Crippen molar-refractivity contribution in [3.8, 4) is 0 Å². The largest absolute Gasteiger partial charge is 0.375 e. The first-order valence-corrected chi connectivity index (χ1v) is 8.90. The van der Waals surface area contributed by atoms with Crippen LogP contribution in [0.2, 0.25) is 0 Å². The quantitative estimate of drug-likeness (QED) is 0.807. The predicted molar refractivity (Wildman–Crippen MR) is 86.0 cm³/mol. The van der Waals surface area contributed by atoms with Crippen LogP contribution in [0.15, 0.2) is 0 Å². The van der Waals surface area contributed by atoms with Crippen molar-refractivity contribution in [2.75, 3.05) is 13.2 Å². The molecule has 0 aromatic carbocycles. The lowest BCUT2D eigenvalue weighted by Crippen LogP contribution is -2.49. The third kappa shape index (κ3) is 4.21. The van der Waals surface area contributed by atoms with Crippen LogP contribution in [0.25, 0.3) is 0 Å². The number of hydrogen-bond acceptors (Lipinski definition) is 2. The molecule has 0 bridgehead atoms. The molecule has 1 aliphatic carbocycles. The van der Waals surface area contributed by atoms with Crippen LogP contribution in [0.5, 0.6) is 0 Å². The first-order chi connectivity index (χ1) is 9.52. The van der Waals surface area contributed by atoms with Gasteiger partial charge in [0, 0.05) is 12.6 Å². The Labute approximate surface area is 126 Å². The SMILES string of the molecule is CC(C)C(CNC1CCOC2(CCCCC2)C1)C(C)C. The van der Waals surface area contributed by atoms with Crippen LogP contribution in [-0.2, 0) is 4.74 Å². The molecule has 2 aliphatic rings. The van der Waals surface area contributed by atoms with E-state index >= 15 is 0 Å². The van der Waals surface area contributed by atoms with Gasteiger partial charge in [0.25, 0.3) is 0 Å². The molecule has 0 radical (unpaired) electrons. The molecule has 1 unspecified atom stereocenters. The van der Waals surface area contributed by atoms with Crippen molar-refractivity contribution >= 4 is 0 Å². The fourth-order valence-corrected chi connectivity index (χ4v) is 4.29. The zero-order valence-corrected chi connectivity index (χ0v) is 14.1. The van der Waals surface area contributed by atoms with E-state index < -0.39 is 0 Å². The van der Waals surface area contributed by atoms with Gasteiger partial charge < -0.3 is 10.1 Å². The molecular weight excluding hydrogens is 246 g/mol. The molecule has 1 saturated heterocycles. The van der Waals surface area contributed by atoms with Crippen LogP contribution in [0, 0.1) is 17.8 Å². The van der Waals surface area contributed by atoms with Crippen molar-refractivity contribution in [3.63, 3.8) is 0 Å². The molecule has 1 atom stereocenters. The highest BCUT2D eigenvalue weighted by molar-refractivity contribution is 4.92. The van der Waals surface area contributed by atoms with E-state index in [1.807, 2.05) is 0 Å². The van der Waals surface area contributed by atoms with Crippen LogP contribution in [0.3, 0.4) is 0 Å². The normalized spacial score (nSPS) is 26.9. The Bertz CT molecular complexity index is 268. The highest BCUT2D eigenvalue weighted by atomic mass is 16.5. The van der Waals surface area contributed by atoms with E-state index in [9.17, 15) is 0 Å². The number of ether oxygens (including phenoxy) is 1. The van der Waals surface area contributed by atoms with Gasteiger partial charge in [-0.2, -0.15) is 0 Å². The third-order valence-corrected chi connectivity index (χ3v) is 5.61. The van der Waals surface area contributed by atoms with E-state index in [1.54, 1.807) is 0 Å². The summed E-state index contributed by atoms with van der Waals surface area (Å²) in [7, 11) is 0. The Kier molecular flexibility index (Phi) is 5.92. The molecule has 20 heavy (non-hydrogen) atoms. The minimum Gasteiger partial charge on any atom is -0.375 e. The Balaban J connectivity index is 1.83. The molecule has 1 heterocycles.